The van der Waals surface area contributed by atoms with Crippen molar-refractivity contribution >= 4 is 35.5 Å². The summed E-state index contributed by atoms with van der Waals surface area (Å²) in [6.45, 7) is 14.9. The number of hydrogen-bond donors (Lipinski definition) is 2. The van der Waals surface area contributed by atoms with Crippen LogP contribution in [0.2, 0.25) is 0 Å². The number of nitrogens with zero attached hydrogens (tertiary/aromatic N) is 8. The number of aromatic nitrogens is 4. The molecular formula is C41H56N8O4. The highest BCUT2D eigenvalue weighted by atomic mass is 16.4. The molecule has 8 fully saturated rings. The maximum absolute atomic E-state index is 11.6. The molecule has 0 amide bonds. The standard InChI is InChI=1S/C41H56N8O4/c1-20-5-6-29-36(20)42-41(44-38(29)46-15-25-10-26(16-46)30(25)13-34(50)51)49-19-33(23(49)4)24-9-21(2)37-32(12-24)39(45-40(43-37)48-8-7-22(48)3)47-17-27-11-28(18-47)31(27)14-35(52)53/h20-28,30-31,33H,5-19H2,1-4H3,(H,50,51)(H,52,53)/t20-,21+,22-,23-,24?,25-,26+,27-,28+,30-,31-,33?/m0/s1. The molecule has 0 spiro atoms. The molecule has 6 saturated heterocycles. The van der Waals surface area contributed by atoms with Crippen LogP contribution in [-0.2, 0) is 22.4 Å². The number of aliphatic carboxylic acids is 2. The second kappa shape index (κ2) is 12.4. The quantitative estimate of drug-likeness (QED) is 0.352. The Balaban J connectivity index is 0.896. The van der Waals surface area contributed by atoms with Crippen LogP contribution in [0.5, 0.6) is 0 Å². The normalized spacial score (nSPS) is 37.9. The minimum absolute atomic E-state index is 0.289. The molecule has 8 heterocycles. The first kappa shape index (κ1) is 33.8. The lowest BCUT2D eigenvalue weighted by atomic mass is 9.60. The van der Waals surface area contributed by atoms with Gasteiger partial charge in [-0.15, -0.1) is 0 Å². The summed E-state index contributed by atoms with van der Waals surface area (Å²) < 4.78 is 0. The van der Waals surface area contributed by atoms with Crippen molar-refractivity contribution in [1.82, 2.24) is 19.9 Å². The molecule has 53 heavy (non-hydrogen) atoms. The Bertz CT molecular complexity index is 1810. The highest BCUT2D eigenvalue weighted by molar-refractivity contribution is 5.68. The summed E-state index contributed by atoms with van der Waals surface area (Å²) in [6.07, 6.45) is 8.29. The van der Waals surface area contributed by atoms with Crippen molar-refractivity contribution in [3.63, 3.8) is 0 Å². The van der Waals surface area contributed by atoms with Gasteiger partial charge in [-0.2, -0.15) is 9.97 Å². The Kier molecular flexibility index (Phi) is 7.93. The van der Waals surface area contributed by atoms with Gasteiger partial charge >= 0.3 is 11.9 Å². The van der Waals surface area contributed by atoms with E-state index >= 15 is 0 Å². The lowest BCUT2D eigenvalue weighted by Crippen LogP contribution is -2.59. The molecule has 12 nitrogen and oxygen atoms in total. The number of hydrogen-bond acceptors (Lipinski definition) is 10. The van der Waals surface area contributed by atoms with Gasteiger partial charge in [-0.05, 0) is 118 Å². The molecular weight excluding hydrogens is 669 g/mol. The molecule has 12 rings (SSSR count). The van der Waals surface area contributed by atoms with Crippen LogP contribution in [0.1, 0.15) is 107 Å². The van der Waals surface area contributed by atoms with Crippen LogP contribution in [0.4, 0.5) is 23.5 Å². The molecule has 12 heteroatoms. The molecule has 6 aliphatic heterocycles. The minimum atomic E-state index is -0.669. The van der Waals surface area contributed by atoms with E-state index in [1.807, 2.05) is 0 Å². The number of carboxylic acids is 2. The molecule has 0 radical (unpaired) electrons. The van der Waals surface area contributed by atoms with E-state index in [0.717, 1.165) is 101 Å². The third kappa shape index (κ3) is 5.41. The zero-order valence-corrected chi connectivity index (χ0v) is 31.8. The summed E-state index contributed by atoms with van der Waals surface area (Å²) in [5.74, 6) is 6.85. The molecule has 2 aromatic rings. The monoisotopic (exact) mass is 724 g/mol. The number of anilines is 4. The Morgan fingerprint density at radius 1 is 0.642 bits per heavy atom. The van der Waals surface area contributed by atoms with E-state index in [9.17, 15) is 19.8 Å². The summed E-state index contributed by atoms with van der Waals surface area (Å²) >= 11 is 0. The molecule has 2 saturated carbocycles. The van der Waals surface area contributed by atoms with E-state index in [-0.39, 0.29) is 6.42 Å². The molecule has 12 atom stereocenters. The van der Waals surface area contributed by atoms with E-state index in [1.54, 1.807) is 0 Å². The lowest BCUT2D eigenvalue weighted by molar-refractivity contribution is -0.142. The highest BCUT2D eigenvalue weighted by Gasteiger charge is 2.51. The van der Waals surface area contributed by atoms with Crippen molar-refractivity contribution in [3.05, 3.63) is 22.5 Å². The summed E-state index contributed by atoms with van der Waals surface area (Å²) in [7, 11) is 0. The van der Waals surface area contributed by atoms with Crippen LogP contribution in [0.15, 0.2) is 0 Å². The maximum atomic E-state index is 11.6. The fraction of sp³-hybridized carbons (Fsp3) is 0.756. The van der Waals surface area contributed by atoms with Crippen molar-refractivity contribution in [3.8, 4) is 0 Å². The predicted octanol–water partition coefficient (Wildman–Crippen LogP) is 5.20. The third-order valence-electron chi connectivity index (χ3n) is 15.7. The van der Waals surface area contributed by atoms with Crippen molar-refractivity contribution in [2.45, 2.75) is 109 Å². The first-order valence-corrected chi connectivity index (χ1v) is 20.8. The van der Waals surface area contributed by atoms with E-state index < -0.39 is 11.9 Å². The zero-order chi connectivity index (χ0) is 36.4. The Morgan fingerprint density at radius 2 is 1.19 bits per heavy atom. The van der Waals surface area contributed by atoms with E-state index in [0.29, 0.717) is 77.7 Å². The van der Waals surface area contributed by atoms with Gasteiger partial charge in [0.05, 0.1) is 11.4 Å². The fourth-order valence-corrected chi connectivity index (χ4v) is 12.4. The second-order valence-electron chi connectivity index (χ2n) is 18.7. The number of carboxylic acid groups (broad SMARTS) is 2. The fourth-order valence-electron chi connectivity index (χ4n) is 12.4. The predicted molar refractivity (Wildman–Crippen MR) is 202 cm³/mol. The largest absolute Gasteiger partial charge is 0.481 e. The molecule has 2 N–H and O–H groups in total. The summed E-state index contributed by atoms with van der Waals surface area (Å²) in [5, 5.41) is 19.0. The van der Waals surface area contributed by atoms with Crippen LogP contribution >= 0.6 is 0 Å². The zero-order valence-electron chi connectivity index (χ0n) is 31.8. The minimum Gasteiger partial charge on any atom is -0.481 e. The van der Waals surface area contributed by atoms with Gasteiger partial charge in [0.2, 0.25) is 11.9 Å². The number of rotatable bonds is 9. The van der Waals surface area contributed by atoms with Gasteiger partial charge in [0.1, 0.15) is 11.6 Å². The Morgan fingerprint density at radius 3 is 1.70 bits per heavy atom. The van der Waals surface area contributed by atoms with Crippen LogP contribution in [0, 0.1) is 47.3 Å². The molecule has 10 aliphatic rings. The van der Waals surface area contributed by atoms with Crippen LogP contribution in [-0.4, -0.2) is 93.4 Å². The van der Waals surface area contributed by atoms with Crippen molar-refractivity contribution in [1.29, 1.82) is 0 Å². The van der Waals surface area contributed by atoms with Crippen LogP contribution < -0.4 is 19.6 Å². The first-order chi connectivity index (χ1) is 25.5. The van der Waals surface area contributed by atoms with Gasteiger partial charge in [0, 0.05) is 75.3 Å². The summed E-state index contributed by atoms with van der Waals surface area (Å²) in [6, 6.07) is 0.791. The average molecular weight is 725 g/mol. The van der Waals surface area contributed by atoms with Gasteiger partial charge in [-0.25, -0.2) is 9.97 Å². The van der Waals surface area contributed by atoms with Crippen LogP contribution in [0.3, 0.4) is 0 Å². The first-order valence-electron chi connectivity index (χ1n) is 20.8. The highest BCUT2D eigenvalue weighted by Crippen LogP contribution is 2.52. The summed E-state index contributed by atoms with van der Waals surface area (Å²) in [5.41, 5.74) is 5.11. The average Bonchev–Trinajstić information content (AvgIpc) is 3.51. The number of piperidine rings is 4. The summed E-state index contributed by atoms with van der Waals surface area (Å²) in [4.78, 5) is 54.2. The number of carbonyl (C=O) groups is 2. The molecule has 284 valence electrons. The Labute approximate surface area is 312 Å². The molecule has 2 unspecified atom stereocenters. The van der Waals surface area contributed by atoms with E-state index in [1.165, 1.54) is 28.9 Å². The third-order valence-corrected chi connectivity index (χ3v) is 15.7. The van der Waals surface area contributed by atoms with Gasteiger partial charge in [0.25, 0.3) is 0 Å². The topological polar surface area (TPSA) is 139 Å². The van der Waals surface area contributed by atoms with Crippen molar-refractivity contribution < 1.29 is 19.8 Å². The van der Waals surface area contributed by atoms with Gasteiger partial charge in [-0.3, -0.25) is 9.59 Å². The molecule has 4 aliphatic carbocycles. The van der Waals surface area contributed by atoms with E-state index in [4.69, 9.17) is 19.9 Å². The van der Waals surface area contributed by atoms with Gasteiger partial charge < -0.3 is 29.8 Å². The van der Waals surface area contributed by atoms with Gasteiger partial charge in [0.15, 0.2) is 0 Å². The van der Waals surface area contributed by atoms with Crippen molar-refractivity contribution in [2.75, 3.05) is 58.9 Å². The SMILES string of the molecule is C[C@@H]1CC(C2CN(c3nc4c(c(N5C[C@H]6C[C@@H](C5)[C@@H]6CC(=O)O)n3)CC[C@@H]4C)[C@H]2C)Cc2c1nc(N1CC[C@@H]1C)nc2N1C[C@H]2C[C@@H](C1)[C@@H]2CC(=O)O. The lowest BCUT2D eigenvalue weighted by Gasteiger charge is -2.55. The maximum Gasteiger partial charge on any atom is 0.303 e. The van der Waals surface area contributed by atoms with Gasteiger partial charge in [-0.1, -0.05) is 13.8 Å². The van der Waals surface area contributed by atoms with Crippen LogP contribution in [0.25, 0.3) is 0 Å². The van der Waals surface area contributed by atoms with E-state index in [2.05, 4.69) is 47.3 Å². The second-order valence-corrected chi connectivity index (χ2v) is 18.7. The molecule has 0 aromatic carbocycles. The molecule has 2 aromatic heterocycles. The van der Waals surface area contributed by atoms with Crippen molar-refractivity contribution in [2.24, 2.45) is 47.3 Å². The number of fused-ring (bicyclic) bond motifs is 6. The smallest absolute Gasteiger partial charge is 0.303 e. The Hall–Kier alpha value is -3.70. The molecule has 4 bridgehead atoms.